The van der Waals surface area contributed by atoms with Gasteiger partial charge in [0.05, 0.1) is 38.1 Å². The maximum atomic E-state index is 14.2. The molecule has 21 N–H and O–H groups in total. The zero-order valence-corrected chi connectivity index (χ0v) is 43.0. The third-order valence-corrected chi connectivity index (χ3v) is 13.1. The molecule has 0 aliphatic carbocycles. The third-order valence-electron chi connectivity index (χ3n) is 10.0. The zero-order valence-electron chi connectivity index (χ0n) is 40.5. The van der Waals surface area contributed by atoms with Gasteiger partial charge in [0.15, 0.2) is 5.96 Å². The van der Waals surface area contributed by atoms with Gasteiger partial charge < -0.3 is 91.2 Å². The lowest BCUT2D eigenvalue weighted by Gasteiger charge is -2.28. The van der Waals surface area contributed by atoms with Crippen LogP contribution in [0.25, 0.3) is 0 Å². The van der Waals surface area contributed by atoms with Gasteiger partial charge in [-0.25, -0.2) is 0 Å². The highest BCUT2D eigenvalue weighted by atomic mass is 33.1. The summed E-state index contributed by atoms with van der Waals surface area (Å²) >= 11 is 1.37. The van der Waals surface area contributed by atoms with Gasteiger partial charge in [-0.05, 0) is 50.5 Å². The average molecular weight is 1100 g/mol. The first-order chi connectivity index (χ1) is 34.2. The summed E-state index contributed by atoms with van der Waals surface area (Å²) in [5.41, 5.74) is 22.0. The largest absolute Gasteiger partial charge is 0.481 e. The van der Waals surface area contributed by atoms with Crippen molar-refractivity contribution in [3.63, 3.8) is 0 Å². The molecule has 0 bridgehead atoms. The molecule has 1 aliphatic rings. The lowest BCUT2D eigenvalue weighted by Crippen LogP contribution is -2.62. The number of guanidine groups is 1. The molecule has 0 saturated carbocycles. The van der Waals surface area contributed by atoms with E-state index in [0.29, 0.717) is 5.75 Å². The number of aliphatic imine (C=N–C) groups is 1. The van der Waals surface area contributed by atoms with E-state index in [4.69, 9.17) is 22.9 Å². The second-order valence-corrected chi connectivity index (χ2v) is 20.3. The van der Waals surface area contributed by atoms with E-state index in [1.807, 2.05) is 0 Å². The predicted molar refractivity (Wildman–Crippen MR) is 266 cm³/mol. The van der Waals surface area contributed by atoms with E-state index in [1.54, 1.807) is 20.1 Å². The summed E-state index contributed by atoms with van der Waals surface area (Å²) in [7, 11) is 1.61. The van der Waals surface area contributed by atoms with Crippen molar-refractivity contribution in [3.8, 4) is 0 Å². The van der Waals surface area contributed by atoms with Crippen LogP contribution in [0.2, 0.25) is 0 Å². The van der Waals surface area contributed by atoms with Gasteiger partial charge in [0, 0.05) is 18.1 Å². The minimum atomic E-state index is -2.05. The summed E-state index contributed by atoms with van der Waals surface area (Å²) in [4.78, 5) is 162. The van der Waals surface area contributed by atoms with E-state index in [9.17, 15) is 78.0 Å². The number of nitrogens with one attached hydrogen (secondary N) is 9. The number of primary amides is 1. The monoisotopic (exact) mass is 1100 g/mol. The average Bonchev–Trinajstić information content (AvgIpc) is 3.29. The number of nitrogens with two attached hydrogens (primary N) is 4. The molecule has 0 spiro atoms. The lowest BCUT2D eigenvalue weighted by atomic mass is 10.0. The van der Waals surface area contributed by atoms with Crippen molar-refractivity contribution in [2.24, 2.45) is 33.8 Å². The topological polar surface area (TPSA) is 510 Å². The van der Waals surface area contributed by atoms with Crippen molar-refractivity contribution >= 4 is 110 Å². The Morgan fingerprint density at radius 1 is 0.767 bits per heavy atom. The van der Waals surface area contributed by atoms with E-state index >= 15 is 0 Å². The maximum absolute atomic E-state index is 14.2. The quantitative estimate of drug-likeness (QED) is 0.0207. The molecule has 1 rings (SSSR count). The number of amides is 10. The number of carbonyl (C=O) groups is 12. The standard InChI is InChI=1S/C40H68N14O16S3/c1-17(2)10-21-34(65)52-25(32(63)46-13-27(42)57)15-72-73-16-26(53-35(66)22(11-28(58)59)48-31(62)19(41)7-9-71-4)38(69)47-20(6-5-8-45-40(43)44)33(64)51-24(14-55)37(68)49-23(12-29(60)61)36(67)54-30(18(3)56)39(70)50-21/h17-26,30,55-56H,5-16,41H2,1-4H3,(H2,42,57)(H,46,63)(H,47,69)(H,48,62)(H,49,68)(H,50,70)(H,51,64)(H,52,65)(H,53,66)(H,54,67)(H,58,59)(H,60,61)(H4,43,44,45)/t18-,19+,20+,21+,22+,23+,24-,25+,26+,30-/m1/s1. The van der Waals surface area contributed by atoms with Crippen LogP contribution in [0.15, 0.2) is 4.99 Å². The van der Waals surface area contributed by atoms with E-state index < -0.39 is 163 Å². The minimum Gasteiger partial charge on any atom is -0.481 e. The molecule has 30 nitrogen and oxygen atoms in total. The van der Waals surface area contributed by atoms with Crippen molar-refractivity contribution in [2.45, 2.75) is 120 Å². The van der Waals surface area contributed by atoms with E-state index in [-0.39, 0.29) is 49.9 Å². The number of carboxylic acids is 2. The van der Waals surface area contributed by atoms with Gasteiger partial charge in [-0.3, -0.25) is 62.5 Å². The van der Waals surface area contributed by atoms with Crippen LogP contribution in [-0.2, 0) is 57.5 Å². The summed E-state index contributed by atoms with van der Waals surface area (Å²) in [5, 5.41) is 60.7. The zero-order chi connectivity index (χ0) is 55.5. The Labute approximate surface area is 431 Å². The van der Waals surface area contributed by atoms with Crippen LogP contribution in [0.3, 0.4) is 0 Å². The second-order valence-electron chi connectivity index (χ2n) is 16.8. The Kier molecular flexibility index (Phi) is 29.8. The number of hydrogen-bond donors (Lipinski definition) is 17. The molecule has 1 aliphatic heterocycles. The van der Waals surface area contributed by atoms with E-state index in [1.165, 1.54) is 11.8 Å². The SMILES string of the molecule is CSCC[C@H](N)C(=O)N[C@@H](CC(=O)O)C(=O)N[C@H]1CSSC[C@@H](C(=O)NCC(N)=O)NC(=O)[C@H](CC(C)C)NC(=O)[C@@H]([C@@H](C)O)NC(=O)[C@H](CC(=O)O)NC(=O)[C@@H](CO)NC(=O)[C@H](CCCN=C(N)N)NC1=O. The molecule has 1 fully saturated rings. The van der Waals surface area contributed by atoms with E-state index in [0.717, 1.165) is 28.5 Å². The molecule has 73 heavy (non-hydrogen) atoms. The van der Waals surface area contributed by atoms with Crippen molar-refractivity contribution in [1.82, 2.24) is 47.9 Å². The Balaban J connectivity index is 4.03. The predicted octanol–water partition coefficient (Wildman–Crippen LogP) is -7.64. The van der Waals surface area contributed by atoms with Crippen LogP contribution in [0, 0.1) is 5.92 Å². The van der Waals surface area contributed by atoms with Crippen molar-refractivity contribution in [2.75, 3.05) is 43.2 Å². The summed E-state index contributed by atoms with van der Waals surface area (Å²) in [6, 6.07) is -15.3. The molecular weight excluding hydrogens is 1030 g/mol. The van der Waals surface area contributed by atoms with Crippen LogP contribution in [0.5, 0.6) is 0 Å². The first kappa shape index (κ1) is 64.9. The van der Waals surface area contributed by atoms with Gasteiger partial charge in [0.1, 0.15) is 48.3 Å². The van der Waals surface area contributed by atoms with Crippen LogP contribution < -0.4 is 70.8 Å². The van der Waals surface area contributed by atoms with Gasteiger partial charge in [0.2, 0.25) is 59.1 Å². The first-order valence-corrected chi connectivity index (χ1v) is 26.3. The van der Waals surface area contributed by atoms with E-state index in [2.05, 4.69) is 52.8 Å². The highest BCUT2D eigenvalue weighted by molar-refractivity contribution is 8.76. The number of aliphatic hydroxyl groups is 2. The summed E-state index contributed by atoms with van der Waals surface area (Å²) in [5.74, 6) is -15.4. The molecule has 0 aromatic heterocycles. The molecule has 33 heteroatoms. The molecular formula is C40H68N14O16S3. The Hall–Kier alpha value is -6.16. The molecule has 0 unspecified atom stereocenters. The number of carbonyl (C=O) groups excluding carboxylic acids is 10. The molecule has 10 amide bonds. The fourth-order valence-electron chi connectivity index (χ4n) is 6.27. The number of hydrogen-bond acceptors (Lipinski definition) is 19. The van der Waals surface area contributed by atoms with Crippen LogP contribution >= 0.6 is 33.3 Å². The Bertz CT molecular complexity index is 2000. The van der Waals surface area contributed by atoms with Gasteiger partial charge >= 0.3 is 11.9 Å². The smallest absolute Gasteiger partial charge is 0.305 e. The number of thioether (sulfide) groups is 1. The first-order valence-electron chi connectivity index (χ1n) is 22.5. The minimum absolute atomic E-state index is 0.0424. The normalized spacial score (nSPS) is 23.3. The maximum Gasteiger partial charge on any atom is 0.305 e. The molecule has 0 radical (unpaired) electrons. The number of aliphatic hydroxyl groups excluding tert-OH is 2. The van der Waals surface area contributed by atoms with Gasteiger partial charge in [-0.1, -0.05) is 35.4 Å². The number of rotatable bonds is 22. The molecule has 0 aromatic carbocycles. The van der Waals surface area contributed by atoms with Crippen LogP contribution in [-0.4, -0.2) is 201 Å². The second kappa shape index (κ2) is 33.5. The lowest BCUT2D eigenvalue weighted by molar-refractivity contribution is -0.142. The highest BCUT2D eigenvalue weighted by Crippen LogP contribution is 2.24. The van der Waals surface area contributed by atoms with Gasteiger partial charge in [-0.2, -0.15) is 11.8 Å². The molecule has 10 atom stereocenters. The fourth-order valence-corrected chi connectivity index (χ4v) is 9.09. The van der Waals surface area contributed by atoms with Crippen LogP contribution in [0.1, 0.15) is 59.3 Å². The summed E-state index contributed by atoms with van der Waals surface area (Å²) < 4.78 is 0. The van der Waals surface area contributed by atoms with Crippen molar-refractivity contribution in [3.05, 3.63) is 0 Å². The summed E-state index contributed by atoms with van der Waals surface area (Å²) in [6.45, 7) is 2.43. The van der Waals surface area contributed by atoms with Gasteiger partial charge in [-0.15, -0.1) is 0 Å². The highest BCUT2D eigenvalue weighted by Gasteiger charge is 2.37. The van der Waals surface area contributed by atoms with Crippen molar-refractivity contribution in [1.29, 1.82) is 0 Å². The number of aliphatic carboxylic acids is 2. The Morgan fingerprint density at radius 2 is 1.34 bits per heavy atom. The van der Waals surface area contributed by atoms with Gasteiger partial charge in [0.25, 0.3) is 0 Å². The third kappa shape index (κ3) is 25.4. The Morgan fingerprint density at radius 3 is 1.90 bits per heavy atom. The summed E-state index contributed by atoms with van der Waals surface area (Å²) in [6.07, 6.45) is -2.43. The molecule has 412 valence electrons. The van der Waals surface area contributed by atoms with Crippen LogP contribution in [0.4, 0.5) is 0 Å². The molecule has 0 aromatic rings. The number of nitrogens with zero attached hydrogens (tertiary/aromatic N) is 1. The molecule has 1 heterocycles. The number of carboxylic acid groups (broad SMARTS) is 2. The molecule has 1 saturated heterocycles. The fraction of sp³-hybridized carbons (Fsp3) is 0.675. The van der Waals surface area contributed by atoms with Crippen molar-refractivity contribution < 1.29 is 78.0 Å².